The lowest BCUT2D eigenvalue weighted by Crippen LogP contribution is -2.18. The molecular formula is C22H29NO2S. The molecule has 26 heavy (non-hydrogen) atoms. The summed E-state index contributed by atoms with van der Waals surface area (Å²) in [5, 5.41) is 13.7. The Hall–Kier alpha value is -1.94. The lowest BCUT2D eigenvalue weighted by Gasteiger charge is -2.28. The quantitative estimate of drug-likeness (QED) is 0.676. The molecule has 0 aliphatic rings. The number of carbonyl (C=O) groups excluding carboxylic acids is 1. The molecule has 0 heterocycles. The lowest BCUT2D eigenvalue weighted by atomic mass is 9.79. The van der Waals surface area contributed by atoms with Gasteiger partial charge < -0.3 is 10.4 Å². The molecule has 2 aromatic carbocycles. The number of thioether (sulfide) groups is 1. The number of benzene rings is 2. The van der Waals surface area contributed by atoms with Crippen molar-refractivity contribution in [2.45, 2.75) is 57.3 Å². The van der Waals surface area contributed by atoms with Crippen LogP contribution in [0.3, 0.4) is 0 Å². The number of anilines is 1. The van der Waals surface area contributed by atoms with Crippen LogP contribution in [-0.4, -0.2) is 16.8 Å². The highest BCUT2D eigenvalue weighted by Crippen LogP contribution is 2.41. The van der Waals surface area contributed by atoms with Gasteiger partial charge in [-0.2, -0.15) is 0 Å². The summed E-state index contributed by atoms with van der Waals surface area (Å²) in [4.78, 5) is 13.2. The molecule has 0 fully saturated rings. The van der Waals surface area contributed by atoms with E-state index in [-0.39, 0.29) is 16.7 Å². The molecule has 4 heteroatoms. The van der Waals surface area contributed by atoms with Crippen LogP contribution < -0.4 is 5.32 Å². The molecule has 2 rings (SSSR count). The van der Waals surface area contributed by atoms with Crippen LogP contribution in [0, 0.1) is 0 Å². The Bertz CT molecular complexity index is 736. The summed E-state index contributed by atoms with van der Waals surface area (Å²) in [5.74, 6) is 0.652. The van der Waals surface area contributed by atoms with Gasteiger partial charge in [0, 0.05) is 21.7 Å². The largest absolute Gasteiger partial charge is 0.507 e. The second kappa shape index (κ2) is 7.75. The van der Waals surface area contributed by atoms with Gasteiger partial charge in [0.15, 0.2) is 0 Å². The SMILES string of the molecule is CC(C)(C)c1cc(SCC(=O)Nc2ccccc2)cc(C(C)(C)C)c1O. The van der Waals surface area contributed by atoms with E-state index in [9.17, 15) is 9.90 Å². The minimum Gasteiger partial charge on any atom is -0.507 e. The third kappa shape index (κ3) is 5.28. The van der Waals surface area contributed by atoms with E-state index in [2.05, 4.69) is 46.9 Å². The van der Waals surface area contributed by atoms with Crippen molar-refractivity contribution in [3.05, 3.63) is 53.6 Å². The van der Waals surface area contributed by atoms with Gasteiger partial charge in [0.1, 0.15) is 5.75 Å². The maximum atomic E-state index is 12.2. The molecule has 0 radical (unpaired) electrons. The summed E-state index contributed by atoms with van der Waals surface area (Å²) in [6.07, 6.45) is 0. The van der Waals surface area contributed by atoms with Crippen molar-refractivity contribution in [1.29, 1.82) is 0 Å². The van der Waals surface area contributed by atoms with Gasteiger partial charge in [0.2, 0.25) is 5.91 Å². The van der Waals surface area contributed by atoms with Crippen LogP contribution in [-0.2, 0) is 15.6 Å². The molecular weight excluding hydrogens is 342 g/mol. The van der Waals surface area contributed by atoms with Crippen LogP contribution in [0.15, 0.2) is 47.4 Å². The van der Waals surface area contributed by atoms with Crippen molar-refractivity contribution < 1.29 is 9.90 Å². The first-order chi connectivity index (χ1) is 12.0. The van der Waals surface area contributed by atoms with Gasteiger partial charge in [-0.3, -0.25) is 4.79 Å². The number of amides is 1. The molecule has 1 amide bonds. The fourth-order valence-corrected chi connectivity index (χ4v) is 3.47. The van der Waals surface area contributed by atoms with Gasteiger partial charge in [-0.25, -0.2) is 0 Å². The van der Waals surface area contributed by atoms with Crippen molar-refractivity contribution in [3.8, 4) is 5.75 Å². The van der Waals surface area contributed by atoms with E-state index in [1.165, 1.54) is 11.8 Å². The fourth-order valence-electron chi connectivity index (χ4n) is 2.70. The third-order valence-corrected chi connectivity index (χ3v) is 5.10. The summed E-state index contributed by atoms with van der Waals surface area (Å²) >= 11 is 1.49. The molecule has 0 spiro atoms. The van der Waals surface area contributed by atoms with Gasteiger partial charge in [-0.15, -0.1) is 11.8 Å². The highest BCUT2D eigenvalue weighted by Gasteiger charge is 2.26. The minimum absolute atomic E-state index is 0.0381. The second-order valence-electron chi connectivity index (χ2n) is 8.57. The summed E-state index contributed by atoms with van der Waals surface area (Å²) in [6.45, 7) is 12.5. The predicted molar refractivity (Wildman–Crippen MR) is 111 cm³/mol. The van der Waals surface area contributed by atoms with E-state index in [1.807, 2.05) is 42.5 Å². The number of para-hydroxylation sites is 1. The van der Waals surface area contributed by atoms with Gasteiger partial charge >= 0.3 is 0 Å². The summed E-state index contributed by atoms with van der Waals surface area (Å²) in [7, 11) is 0. The standard InChI is InChI=1S/C22H29NO2S/c1-21(2,3)17-12-16(13-18(20(17)25)22(4,5)6)26-14-19(24)23-15-10-8-7-9-11-15/h7-13,25H,14H2,1-6H3,(H,23,24). The highest BCUT2D eigenvalue weighted by molar-refractivity contribution is 8.00. The predicted octanol–water partition coefficient (Wildman–Crippen LogP) is 5.72. The Morgan fingerprint density at radius 1 is 0.962 bits per heavy atom. The van der Waals surface area contributed by atoms with Crippen molar-refractivity contribution >= 4 is 23.4 Å². The van der Waals surface area contributed by atoms with E-state index in [0.717, 1.165) is 21.7 Å². The van der Waals surface area contributed by atoms with Crippen molar-refractivity contribution in [2.24, 2.45) is 0 Å². The smallest absolute Gasteiger partial charge is 0.234 e. The number of nitrogens with one attached hydrogen (secondary N) is 1. The Kier molecular flexibility index (Phi) is 6.07. The molecule has 140 valence electrons. The minimum atomic E-state index is -0.174. The number of phenols is 1. The summed E-state index contributed by atoms with van der Waals surface area (Å²) in [5.41, 5.74) is 2.28. The van der Waals surface area contributed by atoms with E-state index in [1.54, 1.807) is 0 Å². The Balaban J connectivity index is 2.22. The van der Waals surface area contributed by atoms with Crippen LogP contribution in [0.4, 0.5) is 5.69 Å². The van der Waals surface area contributed by atoms with Crippen LogP contribution in [0.5, 0.6) is 5.75 Å². The maximum absolute atomic E-state index is 12.2. The third-order valence-electron chi connectivity index (χ3n) is 4.13. The Morgan fingerprint density at radius 2 is 1.46 bits per heavy atom. The molecule has 0 saturated carbocycles. The van der Waals surface area contributed by atoms with Crippen LogP contribution in [0.25, 0.3) is 0 Å². The van der Waals surface area contributed by atoms with Crippen molar-refractivity contribution in [2.75, 3.05) is 11.1 Å². The topological polar surface area (TPSA) is 49.3 Å². The second-order valence-corrected chi connectivity index (χ2v) is 9.62. The molecule has 0 atom stereocenters. The normalized spacial score (nSPS) is 12.1. The average molecular weight is 372 g/mol. The summed E-state index contributed by atoms with van der Waals surface area (Å²) in [6, 6.07) is 13.5. The van der Waals surface area contributed by atoms with E-state index < -0.39 is 0 Å². The Morgan fingerprint density at radius 3 is 1.92 bits per heavy atom. The van der Waals surface area contributed by atoms with E-state index in [4.69, 9.17) is 0 Å². The Labute approximate surface area is 161 Å². The van der Waals surface area contributed by atoms with Crippen LogP contribution in [0.1, 0.15) is 52.7 Å². The molecule has 0 saturated heterocycles. The van der Waals surface area contributed by atoms with Crippen LogP contribution in [0.2, 0.25) is 0 Å². The van der Waals surface area contributed by atoms with Gasteiger partial charge in [0.05, 0.1) is 5.75 Å². The zero-order chi connectivity index (χ0) is 19.5. The lowest BCUT2D eigenvalue weighted by molar-refractivity contribution is -0.113. The van der Waals surface area contributed by atoms with Crippen molar-refractivity contribution in [3.63, 3.8) is 0 Å². The molecule has 0 unspecified atom stereocenters. The van der Waals surface area contributed by atoms with Gasteiger partial charge in [0.25, 0.3) is 0 Å². The number of hydrogen-bond acceptors (Lipinski definition) is 3. The average Bonchev–Trinajstić information content (AvgIpc) is 2.52. The molecule has 0 aromatic heterocycles. The van der Waals surface area contributed by atoms with E-state index >= 15 is 0 Å². The van der Waals surface area contributed by atoms with E-state index in [0.29, 0.717) is 11.5 Å². The molecule has 0 bridgehead atoms. The fraction of sp³-hybridized carbons (Fsp3) is 0.409. The zero-order valence-electron chi connectivity index (χ0n) is 16.5. The molecule has 2 aromatic rings. The molecule has 0 aliphatic carbocycles. The van der Waals surface area contributed by atoms with Crippen molar-refractivity contribution in [1.82, 2.24) is 0 Å². The molecule has 2 N–H and O–H groups in total. The summed E-state index contributed by atoms with van der Waals surface area (Å²) < 4.78 is 0. The number of hydrogen-bond donors (Lipinski definition) is 2. The first kappa shape index (κ1) is 20.4. The molecule has 3 nitrogen and oxygen atoms in total. The first-order valence-corrected chi connectivity index (χ1v) is 9.83. The maximum Gasteiger partial charge on any atom is 0.234 e. The number of aromatic hydroxyl groups is 1. The highest BCUT2D eigenvalue weighted by atomic mass is 32.2. The van der Waals surface area contributed by atoms with Gasteiger partial charge in [-0.05, 0) is 35.1 Å². The number of carbonyl (C=O) groups is 1. The van der Waals surface area contributed by atoms with Crippen LogP contribution >= 0.6 is 11.8 Å². The number of rotatable bonds is 4. The zero-order valence-corrected chi connectivity index (χ0v) is 17.3. The monoisotopic (exact) mass is 371 g/mol. The first-order valence-electron chi connectivity index (χ1n) is 8.84. The number of phenolic OH excluding ortho intramolecular Hbond substituents is 1. The van der Waals surface area contributed by atoms with Gasteiger partial charge in [-0.1, -0.05) is 59.7 Å². The molecule has 0 aliphatic heterocycles.